The van der Waals surface area contributed by atoms with Crippen LogP contribution in [0.25, 0.3) is 0 Å². The van der Waals surface area contributed by atoms with E-state index in [2.05, 4.69) is 10.3 Å². The van der Waals surface area contributed by atoms with E-state index in [0.717, 1.165) is 18.9 Å². The van der Waals surface area contributed by atoms with E-state index in [0.29, 0.717) is 12.5 Å². The van der Waals surface area contributed by atoms with Crippen LogP contribution in [0.15, 0.2) is 12.1 Å². The van der Waals surface area contributed by atoms with E-state index in [1.165, 1.54) is 13.2 Å². The molecule has 19 heavy (non-hydrogen) atoms. The fraction of sp³-hybridized carbons (Fsp3) is 0.500. The minimum absolute atomic E-state index is 0.0635. The Kier molecular flexibility index (Phi) is 3.75. The maximum Gasteiger partial charge on any atom is 0.420 e. The molecule has 106 valence electrons. The van der Waals surface area contributed by atoms with Crippen molar-refractivity contribution in [1.29, 1.82) is 0 Å². The summed E-state index contributed by atoms with van der Waals surface area (Å²) in [5.41, 5.74) is 7.31. The van der Waals surface area contributed by atoms with Gasteiger partial charge in [-0.2, -0.15) is 13.2 Å². The average molecular weight is 276 g/mol. The van der Waals surface area contributed by atoms with Crippen LogP contribution in [0.4, 0.5) is 24.5 Å². The summed E-state index contributed by atoms with van der Waals surface area (Å²) < 4.78 is 44.1. The fourth-order valence-corrected chi connectivity index (χ4v) is 1.63. The van der Waals surface area contributed by atoms with Gasteiger partial charge in [0.1, 0.15) is 5.75 Å². The Morgan fingerprint density at radius 3 is 2.58 bits per heavy atom. The second-order valence-electron chi connectivity index (χ2n) is 4.49. The predicted octanol–water partition coefficient (Wildman–Crippen LogP) is 3.05. The van der Waals surface area contributed by atoms with Crippen LogP contribution in [0.5, 0.6) is 5.75 Å². The van der Waals surface area contributed by atoms with Crippen molar-refractivity contribution in [3.63, 3.8) is 0 Å². The highest BCUT2D eigenvalue weighted by Crippen LogP contribution is 2.41. The van der Waals surface area contributed by atoms with Crippen LogP contribution in [-0.4, -0.2) is 13.7 Å². The van der Waals surface area contributed by atoms with Gasteiger partial charge in [0.15, 0.2) is 0 Å². The van der Waals surface area contributed by atoms with Gasteiger partial charge in [-0.05, 0) is 24.8 Å². The molecule has 7 heteroatoms. The molecule has 1 aromatic carbocycles. The third-order valence-electron chi connectivity index (χ3n) is 2.84. The van der Waals surface area contributed by atoms with Gasteiger partial charge in [0.25, 0.3) is 0 Å². The molecule has 1 aliphatic rings. The van der Waals surface area contributed by atoms with E-state index in [4.69, 9.17) is 10.5 Å². The van der Waals surface area contributed by atoms with Crippen molar-refractivity contribution in [2.45, 2.75) is 19.0 Å². The summed E-state index contributed by atoms with van der Waals surface area (Å²) in [4.78, 5) is 4.59. The van der Waals surface area contributed by atoms with Crippen molar-refractivity contribution in [3.8, 4) is 5.75 Å². The first-order valence-electron chi connectivity index (χ1n) is 5.84. The lowest BCUT2D eigenvalue weighted by atomic mass is 10.1. The Bertz CT molecular complexity index is 459. The van der Waals surface area contributed by atoms with E-state index < -0.39 is 11.7 Å². The molecule has 0 radical (unpaired) electrons. The standard InChI is InChI=1S/C12H15F3N2O2/c1-18-17-10-4-8(12(13,14)15)11(5-9(10)16)19-6-7-2-3-7/h4-5,7,17H,2-3,6,16H2,1H3. The lowest BCUT2D eigenvalue weighted by Gasteiger charge is -2.17. The summed E-state index contributed by atoms with van der Waals surface area (Å²) in [6.07, 6.45) is -2.50. The molecule has 0 atom stereocenters. The van der Waals surface area contributed by atoms with Crippen LogP contribution in [0.3, 0.4) is 0 Å². The van der Waals surface area contributed by atoms with Gasteiger partial charge in [0.05, 0.1) is 30.7 Å². The van der Waals surface area contributed by atoms with Gasteiger partial charge >= 0.3 is 6.18 Å². The van der Waals surface area contributed by atoms with Crippen molar-refractivity contribution in [3.05, 3.63) is 17.7 Å². The van der Waals surface area contributed by atoms with Crippen molar-refractivity contribution in [2.75, 3.05) is 24.9 Å². The van der Waals surface area contributed by atoms with Gasteiger partial charge in [-0.15, -0.1) is 0 Å². The minimum Gasteiger partial charge on any atom is -0.493 e. The molecule has 2 rings (SSSR count). The van der Waals surface area contributed by atoms with Gasteiger partial charge in [0, 0.05) is 6.07 Å². The summed E-state index contributed by atoms with van der Waals surface area (Å²) in [5.74, 6) is 0.123. The maximum atomic E-state index is 13.0. The zero-order chi connectivity index (χ0) is 14.0. The largest absolute Gasteiger partial charge is 0.493 e. The van der Waals surface area contributed by atoms with E-state index in [1.807, 2.05) is 0 Å². The molecule has 0 amide bonds. The van der Waals surface area contributed by atoms with E-state index in [1.54, 1.807) is 0 Å². The second kappa shape index (κ2) is 5.16. The highest BCUT2D eigenvalue weighted by atomic mass is 19.4. The summed E-state index contributed by atoms with van der Waals surface area (Å²) >= 11 is 0. The maximum absolute atomic E-state index is 13.0. The number of nitrogen functional groups attached to an aromatic ring is 1. The van der Waals surface area contributed by atoms with Crippen molar-refractivity contribution < 1.29 is 22.7 Å². The first-order valence-corrected chi connectivity index (χ1v) is 5.84. The molecule has 1 saturated carbocycles. The molecule has 0 spiro atoms. The Balaban J connectivity index is 2.29. The third-order valence-corrected chi connectivity index (χ3v) is 2.84. The first kappa shape index (κ1) is 13.8. The topological polar surface area (TPSA) is 56.5 Å². The molecular formula is C12H15F3N2O2. The minimum atomic E-state index is -4.50. The summed E-state index contributed by atoms with van der Waals surface area (Å²) in [6, 6.07) is 2.06. The molecule has 0 unspecified atom stereocenters. The molecule has 0 bridgehead atoms. The Hall–Kier alpha value is -1.63. The SMILES string of the molecule is CONc1cc(C(F)(F)F)c(OCC2CC2)cc1N. The second-order valence-corrected chi connectivity index (χ2v) is 4.49. The van der Waals surface area contributed by atoms with Crippen molar-refractivity contribution in [1.82, 2.24) is 0 Å². The number of hydrogen-bond donors (Lipinski definition) is 2. The zero-order valence-corrected chi connectivity index (χ0v) is 10.4. The summed E-state index contributed by atoms with van der Waals surface area (Å²) in [7, 11) is 1.30. The van der Waals surface area contributed by atoms with E-state index in [-0.39, 0.29) is 17.1 Å². The molecule has 1 fully saturated rings. The number of alkyl halides is 3. The Morgan fingerprint density at radius 1 is 1.37 bits per heavy atom. The van der Waals surface area contributed by atoms with Crippen molar-refractivity contribution in [2.24, 2.45) is 5.92 Å². The highest BCUT2D eigenvalue weighted by molar-refractivity contribution is 5.69. The van der Waals surface area contributed by atoms with Crippen molar-refractivity contribution >= 4 is 11.4 Å². The number of benzene rings is 1. The number of nitrogens with one attached hydrogen (secondary N) is 1. The number of anilines is 2. The number of hydrogen-bond acceptors (Lipinski definition) is 4. The summed E-state index contributed by atoms with van der Waals surface area (Å²) in [6.45, 7) is 0.291. The highest BCUT2D eigenvalue weighted by Gasteiger charge is 2.36. The molecule has 0 aromatic heterocycles. The quantitative estimate of drug-likeness (QED) is 0.641. The lowest BCUT2D eigenvalue weighted by molar-refractivity contribution is -0.138. The molecule has 0 heterocycles. The fourth-order valence-electron chi connectivity index (χ4n) is 1.63. The Morgan fingerprint density at radius 2 is 2.05 bits per heavy atom. The molecule has 1 aromatic rings. The van der Waals surface area contributed by atoms with Crippen LogP contribution in [0, 0.1) is 5.92 Å². The predicted molar refractivity (Wildman–Crippen MR) is 64.7 cm³/mol. The molecule has 1 aliphatic carbocycles. The van der Waals surface area contributed by atoms with Gasteiger partial charge in [-0.1, -0.05) is 0 Å². The van der Waals surface area contributed by atoms with Crippen LogP contribution >= 0.6 is 0 Å². The molecule has 0 aliphatic heterocycles. The number of rotatable bonds is 5. The summed E-state index contributed by atoms with van der Waals surface area (Å²) in [5, 5.41) is 0. The molecule has 3 N–H and O–H groups in total. The van der Waals surface area contributed by atoms with Gasteiger partial charge in [0.2, 0.25) is 0 Å². The molecular weight excluding hydrogens is 261 g/mol. The number of nitrogens with two attached hydrogens (primary N) is 1. The Labute approximate surface area is 108 Å². The van der Waals surface area contributed by atoms with Gasteiger partial charge < -0.3 is 10.5 Å². The van der Waals surface area contributed by atoms with Gasteiger partial charge in [-0.25, -0.2) is 0 Å². The average Bonchev–Trinajstić information content (AvgIpc) is 3.12. The van der Waals surface area contributed by atoms with Crippen LogP contribution in [0.2, 0.25) is 0 Å². The van der Waals surface area contributed by atoms with Crippen LogP contribution < -0.4 is 16.0 Å². The van der Waals surface area contributed by atoms with Crippen LogP contribution in [-0.2, 0) is 11.0 Å². The molecule has 0 saturated heterocycles. The lowest BCUT2D eigenvalue weighted by Crippen LogP contribution is -2.12. The number of ether oxygens (including phenoxy) is 1. The van der Waals surface area contributed by atoms with E-state index in [9.17, 15) is 13.2 Å². The number of halogens is 3. The van der Waals surface area contributed by atoms with Gasteiger partial charge in [-0.3, -0.25) is 10.3 Å². The normalized spacial score (nSPS) is 15.4. The third kappa shape index (κ3) is 3.44. The van der Waals surface area contributed by atoms with E-state index >= 15 is 0 Å². The molecule has 4 nitrogen and oxygen atoms in total. The monoisotopic (exact) mass is 276 g/mol. The van der Waals surface area contributed by atoms with Crippen LogP contribution in [0.1, 0.15) is 18.4 Å². The zero-order valence-electron chi connectivity index (χ0n) is 10.4. The smallest absolute Gasteiger partial charge is 0.420 e. The first-order chi connectivity index (χ1) is 8.91.